The highest BCUT2D eigenvalue weighted by Crippen LogP contribution is 2.37. The van der Waals surface area contributed by atoms with Crippen molar-refractivity contribution in [1.82, 2.24) is 14.5 Å². The maximum Gasteiger partial charge on any atom is 0.231 e. The van der Waals surface area contributed by atoms with E-state index in [1.54, 1.807) is 6.92 Å². The number of ether oxygens (including phenoxy) is 2. The maximum atomic E-state index is 11.4. The number of imidazole rings is 1. The molecule has 0 aliphatic carbocycles. The summed E-state index contributed by atoms with van der Waals surface area (Å²) in [5.41, 5.74) is 6.69. The number of hydrogen-bond acceptors (Lipinski definition) is 5. The minimum absolute atomic E-state index is 0.0283. The number of piperidine rings is 1. The predicted molar refractivity (Wildman–Crippen MR) is 150 cm³/mol. The molecule has 3 aromatic carbocycles. The molecule has 7 heteroatoms. The lowest BCUT2D eigenvalue weighted by Gasteiger charge is -2.32. The second kappa shape index (κ2) is 10.5. The maximum absolute atomic E-state index is 11.4. The molecule has 2 aliphatic rings. The number of amides is 1. The number of fused-ring (bicyclic) bond motifs is 2. The monoisotopic (exact) mass is 510 g/mol. The molecule has 1 amide bonds. The molecule has 7 nitrogen and oxygen atoms in total. The summed E-state index contributed by atoms with van der Waals surface area (Å²) >= 11 is 0. The molecule has 1 N–H and O–H groups in total. The average Bonchev–Trinajstić information content (AvgIpc) is 3.53. The van der Waals surface area contributed by atoms with Crippen molar-refractivity contribution in [3.05, 3.63) is 71.8 Å². The van der Waals surface area contributed by atoms with Gasteiger partial charge in [-0.2, -0.15) is 0 Å². The van der Waals surface area contributed by atoms with E-state index in [0.717, 1.165) is 79.5 Å². The molecule has 4 aromatic rings. The van der Waals surface area contributed by atoms with Gasteiger partial charge in [-0.05, 0) is 105 Å². The van der Waals surface area contributed by atoms with Crippen molar-refractivity contribution >= 4 is 22.6 Å². The van der Waals surface area contributed by atoms with Crippen LogP contribution >= 0.6 is 0 Å². The fraction of sp³-hybridized carbons (Fsp3) is 0.355. The number of rotatable bonds is 7. The largest absolute Gasteiger partial charge is 0.454 e. The SMILES string of the molecule is CC(=O)Nc1cccc(C2CCN(CCCn3c(-c4ccc5c(c4)OCO5)nc4ccc(C)cc43)CC2)c1. The fourth-order valence-corrected chi connectivity index (χ4v) is 5.73. The van der Waals surface area contributed by atoms with E-state index in [-0.39, 0.29) is 12.7 Å². The van der Waals surface area contributed by atoms with Gasteiger partial charge in [0.05, 0.1) is 11.0 Å². The van der Waals surface area contributed by atoms with Crippen LogP contribution in [0, 0.1) is 6.92 Å². The lowest BCUT2D eigenvalue weighted by molar-refractivity contribution is -0.114. The third-order valence-electron chi connectivity index (χ3n) is 7.66. The average molecular weight is 511 g/mol. The third kappa shape index (κ3) is 5.11. The standard InChI is InChI=1S/C31H34N4O3/c1-21-7-9-27-28(17-21)35(31(33-27)25-8-10-29-30(19-25)38-20-37-29)14-4-13-34-15-11-23(12-16-34)24-5-3-6-26(18-24)32-22(2)36/h3,5-10,17-19,23H,4,11-16,20H2,1-2H3,(H,32,36). The number of carbonyl (C=O) groups is 1. The Morgan fingerprint density at radius 1 is 1.00 bits per heavy atom. The molecular formula is C31H34N4O3. The van der Waals surface area contributed by atoms with E-state index in [0.29, 0.717) is 5.92 Å². The van der Waals surface area contributed by atoms with Gasteiger partial charge >= 0.3 is 0 Å². The van der Waals surface area contributed by atoms with Crippen LogP contribution in [0.3, 0.4) is 0 Å². The van der Waals surface area contributed by atoms with Crippen molar-refractivity contribution in [1.29, 1.82) is 0 Å². The summed E-state index contributed by atoms with van der Waals surface area (Å²) in [6.07, 6.45) is 3.33. The predicted octanol–water partition coefficient (Wildman–Crippen LogP) is 5.97. The first-order valence-electron chi connectivity index (χ1n) is 13.5. The number of aromatic nitrogens is 2. The topological polar surface area (TPSA) is 68.6 Å². The number of anilines is 1. The van der Waals surface area contributed by atoms with Crippen molar-refractivity contribution in [2.45, 2.75) is 45.6 Å². The molecule has 6 rings (SSSR count). The minimum atomic E-state index is -0.0283. The lowest BCUT2D eigenvalue weighted by atomic mass is 9.89. The molecule has 0 unspecified atom stereocenters. The van der Waals surface area contributed by atoms with Crippen LogP contribution in [0.5, 0.6) is 11.5 Å². The number of likely N-dealkylation sites (tertiary alicyclic amines) is 1. The summed E-state index contributed by atoms with van der Waals surface area (Å²) in [5.74, 6) is 3.06. The third-order valence-corrected chi connectivity index (χ3v) is 7.66. The van der Waals surface area contributed by atoms with Crippen LogP contribution in [0.15, 0.2) is 60.7 Å². The second-order valence-corrected chi connectivity index (χ2v) is 10.4. The summed E-state index contributed by atoms with van der Waals surface area (Å²) in [7, 11) is 0. The molecule has 196 valence electrons. The highest BCUT2D eigenvalue weighted by atomic mass is 16.7. The van der Waals surface area contributed by atoms with Gasteiger partial charge < -0.3 is 24.3 Å². The smallest absolute Gasteiger partial charge is 0.231 e. The number of nitrogens with one attached hydrogen (secondary N) is 1. The molecule has 0 spiro atoms. The lowest BCUT2D eigenvalue weighted by Crippen LogP contribution is -2.34. The summed E-state index contributed by atoms with van der Waals surface area (Å²) in [6.45, 7) is 8.10. The van der Waals surface area contributed by atoms with Gasteiger partial charge in [-0.1, -0.05) is 18.2 Å². The van der Waals surface area contributed by atoms with E-state index in [4.69, 9.17) is 14.5 Å². The number of benzene rings is 3. The Morgan fingerprint density at radius 3 is 2.68 bits per heavy atom. The van der Waals surface area contributed by atoms with Gasteiger partial charge in [0.25, 0.3) is 0 Å². The highest BCUT2D eigenvalue weighted by Gasteiger charge is 2.22. The zero-order valence-electron chi connectivity index (χ0n) is 22.1. The van der Waals surface area contributed by atoms with E-state index >= 15 is 0 Å². The first kappa shape index (κ1) is 24.5. The first-order valence-corrected chi connectivity index (χ1v) is 13.5. The van der Waals surface area contributed by atoms with Crippen molar-refractivity contribution in [3.63, 3.8) is 0 Å². The van der Waals surface area contributed by atoms with Gasteiger partial charge in [0, 0.05) is 24.7 Å². The van der Waals surface area contributed by atoms with Crippen LogP contribution in [0.25, 0.3) is 22.4 Å². The van der Waals surface area contributed by atoms with E-state index in [2.05, 4.69) is 58.1 Å². The Labute approximate surface area is 223 Å². The Balaban J connectivity index is 1.12. The Morgan fingerprint density at radius 2 is 1.84 bits per heavy atom. The quantitative estimate of drug-likeness (QED) is 0.332. The summed E-state index contributed by atoms with van der Waals surface area (Å²) in [6, 6.07) is 20.9. The molecule has 38 heavy (non-hydrogen) atoms. The highest BCUT2D eigenvalue weighted by molar-refractivity contribution is 5.88. The molecule has 3 heterocycles. The van der Waals surface area contributed by atoms with Crippen LogP contribution < -0.4 is 14.8 Å². The summed E-state index contributed by atoms with van der Waals surface area (Å²) in [5, 5.41) is 2.91. The molecule has 0 radical (unpaired) electrons. The van der Waals surface area contributed by atoms with Gasteiger partial charge in [-0.25, -0.2) is 4.98 Å². The minimum Gasteiger partial charge on any atom is -0.454 e. The first-order chi connectivity index (χ1) is 18.5. The van der Waals surface area contributed by atoms with Crippen LogP contribution in [0.2, 0.25) is 0 Å². The van der Waals surface area contributed by atoms with Crippen molar-refractivity contribution in [3.8, 4) is 22.9 Å². The van der Waals surface area contributed by atoms with E-state index in [1.807, 2.05) is 24.3 Å². The van der Waals surface area contributed by atoms with Gasteiger partial charge in [0.2, 0.25) is 12.7 Å². The molecule has 0 atom stereocenters. The molecule has 1 fully saturated rings. The zero-order chi connectivity index (χ0) is 26.1. The van der Waals surface area contributed by atoms with E-state index in [1.165, 1.54) is 16.6 Å². The van der Waals surface area contributed by atoms with Crippen molar-refractivity contribution < 1.29 is 14.3 Å². The molecule has 1 saturated heterocycles. The number of nitrogens with zero attached hydrogens (tertiary/aromatic N) is 3. The van der Waals surface area contributed by atoms with Crippen LogP contribution in [-0.2, 0) is 11.3 Å². The Kier molecular flexibility index (Phi) is 6.77. The molecular weight excluding hydrogens is 476 g/mol. The van der Waals surface area contributed by atoms with Gasteiger partial charge in [-0.15, -0.1) is 0 Å². The van der Waals surface area contributed by atoms with E-state index < -0.39 is 0 Å². The van der Waals surface area contributed by atoms with Crippen LogP contribution in [0.4, 0.5) is 5.69 Å². The normalized spacial score (nSPS) is 15.7. The molecule has 0 bridgehead atoms. The van der Waals surface area contributed by atoms with Gasteiger partial charge in [-0.3, -0.25) is 4.79 Å². The Hall–Kier alpha value is -3.84. The van der Waals surface area contributed by atoms with Crippen LogP contribution in [0.1, 0.15) is 43.2 Å². The zero-order valence-corrected chi connectivity index (χ0v) is 22.1. The molecule has 2 aliphatic heterocycles. The summed E-state index contributed by atoms with van der Waals surface area (Å²) < 4.78 is 13.5. The number of carbonyl (C=O) groups excluding carboxylic acids is 1. The van der Waals surface area contributed by atoms with Gasteiger partial charge in [0.1, 0.15) is 5.82 Å². The number of aryl methyl sites for hydroxylation is 2. The van der Waals surface area contributed by atoms with E-state index in [9.17, 15) is 4.79 Å². The Bertz CT molecular complexity index is 1470. The second-order valence-electron chi connectivity index (χ2n) is 10.4. The summed E-state index contributed by atoms with van der Waals surface area (Å²) in [4.78, 5) is 19.0. The number of hydrogen-bond donors (Lipinski definition) is 1. The van der Waals surface area contributed by atoms with Crippen molar-refractivity contribution in [2.75, 3.05) is 31.7 Å². The van der Waals surface area contributed by atoms with Crippen LogP contribution in [-0.4, -0.2) is 46.8 Å². The molecule has 1 aromatic heterocycles. The van der Waals surface area contributed by atoms with Gasteiger partial charge in [0.15, 0.2) is 11.5 Å². The fourth-order valence-electron chi connectivity index (χ4n) is 5.73. The molecule has 0 saturated carbocycles. The van der Waals surface area contributed by atoms with Crippen molar-refractivity contribution in [2.24, 2.45) is 0 Å².